The predicted octanol–water partition coefficient (Wildman–Crippen LogP) is 1.87. The Balaban J connectivity index is 1.76. The van der Waals surface area contributed by atoms with Crippen LogP contribution in [0.2, 0.25) is 0 Å². The van der Waals surface area contributed by atoms with Crippen LogP contribution in [0.1, 0.15) is 30.4 Å². The zero-order chi connectivity index (χ0) is 13.5. The first-order valence-electron chi connectivity index (χ1n) is 6.56. The summed E-state index contributed by atoms with van der Waals surface area (Å²) in [5, 5.41) is 11.5. The lowest BCUT2D eigenvalue weighted by Gasteiger charge is -2.22. The lowest BCUT2D eigenvalue weighted by Crippen LogP contribution is -2.24. The molecule has 5 nitrogen and oxygen atoms in total. The Morgan fingerprint density at radius 3 is 2.79 bits per heavy atom. The van der Waals surface area contributed by atoms with Crippen molar-refractivity contribution in [3.05, 3.63) is 35.4 Å². The summed E-state index contributed by atoms with van der Waals surface area (Å²) in [6, 6.07) is 7.44. The van der Waals surface area contributed by atoms with Gasteiger partial charge in [0.05, 0.1) is 19.3 Å². The molecule has 1 saturated heterocycles. The Hall–Kier alpha value is -1.59. The standard InChI is InChI=1S/C14H20N2O3/c15-14(16-17)12-6-4-11(5-7-12)9-18-10-13-3-1-2-8-19-13/h4-7,13,17H,1-3,8-10H2,(H2,15,16). The predicted molar refractivity (Wildman–Crippen MR) is 72.2 cm³/mol. The lowest BCUT2D eigenvalue weighted by atomic mass is 10.1. The summed E-state index contributed by atoms with van der Waals surface area (Å²) in [7, 11) is 0. The van der Waals surface area contributed by atoms with Crippen LogP contribution in [0.25, 0.3) is 0 Å². The molecule has 2 rings (SSSR count). The highest BCUT2D eigenvalue weighted by Crippen LogP contribution is 2.13. The highest BCUT2D eigenvalue weighted by atomic mass is 16.5. The Morgan fingerprint density at radius 1 is 1.37 bits per heavy atom. The maximum Gasteiger partial charge on any atom is 0.170 e. The highest BCUT2D eigenvalue weighted by Gasteiger charge is 2.13. The topological polar surface area (TPSA) is 77.1 Å². The van der Waals surface area contributed by atoms with Crippen molar-refractivity contribution in [2.75, 3.05) is 13.2 Å². The molecule has 0 amide bonds. The van der Waals surface area contributed by atoms with E-state index in [-0.39, 0.29) is 11.9 Å². The number of amidine groups is 1. The molecule has 0 saturated carbocycles. The van der Waals surface area contributed by atoms with E-state index >= 15 is 0 Å². The first-order valence-corrected chi connectivity index (χ1v) is 6.56. The maximum atomic E-state index is 8.57. The van der Waals surface area contributed by atoms with Crippen LogP contribution in [0.3, 0.4) is 0 Å². The summed E-state index contributed by atoms with van der Waals surface area (Å²) in [5.74, 6) is 0.114. The Kier molecular flexibility index (Phi) is 5.18. The number of nitrogens with zero attached hydrogens (tertiary/aromatic N) is 1. The quantitative estimate of drug-likeness (QED) is 0.368. The summed E-state index contributed by atoms with van der Waals surface area (Å²) >= 11 is 0. The van der Waals surface area contributed by atoms with Gasteiger partial charge in [0.2, 0.25) is 0 Å². The maximum absolute atomic E-state index is 8.57. The number of hydrogen-bond donors (Lipinski definition) is 2. The van der Waals surface area contributed by atoms with Crippen molar-refractivity contribution in [2.24, 2.45) is 10.9 Å². The molecule has 0 spiro atoms. The van der Waals surface area contributed by atoms with Crippen molar-refractivity contribution in [2.45, 2.75) is 32.0 Å². The Bertz CT molecular complexity index is 411. The summed E-state index contributed by atoms with van der Waals surface area (Å²) in [6.07, 6.45) is 3.71. The molecule has 1 heterocycles. The van der Waals surface area contributed by atoms with Gasteiger partial charge in [0.15, 0.2) is 5.84 Å². The molecule has 19 heavy (non-hydrogen) atoms. The van der Waals surface area contributed by atoms with Crippen LogP contribution in [-0.4, -0.2) is 30.4 Å². The number of hydrogen-bond acceptors (Lipinski definition) is 4. The summed E-state index contributed by atoms with van der Waals surface area (Å²) in [5.41, 5.74) is 7.25. The van der Waals surface area contributed by atoms with E-state index in [0.29, 0.717) is 18.8 Å². The van der Waals surface area contributed by atoms with Crippen molar-refractivity contribution >= 4 is 5.84 Å². The number of oxime groups is 1. The van der Waals surface area contributed by atoms with Gasteiger partial charge in [0, 0.05) is 12.2 Å². The van der Waals surface area contributed by atoms with Crippen LogP contribution in [0.4, 0.5) is 0 Å². The third-order valence-corrected chi connectivity index (χ3v) is 3.20. The van der Waals surface area contributed by atoms with Gasteiger partial charge < -0.3 is 20.4 Å². The number of nitrogens with two attached hydrogens (primary N) is 1. The summed E-state index contributed by atoms with van der Waals surface area (Å²) < 4.78 is 11.2. The molecule has 104 valence electrons. The molecule has 1 aliphatic heterocycles. The van der Waals surface area contributed by atoms with Gasteiger partial charge in [-0.2, -0.15) is 0 Å². The first kappa shape index (κ1) is 13.8. The van der Waals surface area contributed by atoms with Gasteiger partial charge in [-0.1, -0.05) is 29.4 Å². The molecule has 1 aromatic carbocycles. The highest BCUT2D eigenvalue weighted by molar-refractivity contribution is 5.96. The second kappa shape index (κ2) is 7.11. The molecule has 1 fully saturated rings. The van der Waals surface area contributed by atoms with E-state index in [4.69, 9.17) is 20.4 Å². The van der Waals surface area contributed by atoms with Gasteiger partial charge >= 0.3 is 0 Å². The molecule has 5 heteroatoms. The molecule has 1 unspecified atom stereocenters. The average Bonchev–Trinajstić information content (AvgIpc) is 2.48. The molecule has 1 aromatic rings. The minimum atomic E-state index is 0.114. The van der Waals surface area contributed by atoms with Crippen molar-refractivity contribution in [1.29, 1.82) is 0 Å². The fraction of sp³-hybridized carbons (Fsp3) is 0.500. The number of rotatable bonds is 5. The van der Waals surface area contributed by atoms with E-state index in [2.05, 4.69) is 5.16 Å². The normalized spacial score (nSPS) is 20.4. The largest absolute Gasteiger partial charge is 0.409 e. The van der Waals surface area contributed by atoms with Gasteiger partial charge in [-0.15, -0.1) is 0 Å². The van der Waals surface area contributed by atoms with Crippen LogP contribution in [0.15, 0.2) is 29.4 Å². The van der Waals surface area contributed by atoms with Gasteiger partial charge in [-0.05, 0) is 24.8 Å². The second-order valence-corrected chi connectivity index (χ2v) is 4.69. The molecule has 1 aliphatic rings. The van der Waals surface area contributed by atoms with Gasteiger partial charge in [-0.3, -0.25) is 0 Å². The minimum absolute atomic E-state index is 0.114. The Labute approximate surface area is 113 Å². The van der Waals surface area contributed by atoms with Crippen molar-refractivity contribution in [3.8, 4) is 0 Å². The molecule has 3 N–H and O–H groups in total. The summed E-state index contributed by atoms with van der Waals surface area (Å²) in [4.78, 5) is 0. The SMILES string of the molecule is N/C(=N\O)c1ccc(COCC2CCCCO2)cc1. The molecular formula is C14H20N2O3. The average molecular weight is 264 g/mol. The smallest absolute Gasteiger partial charge is 0.170 e. The fourth-order valence-corrected chi connectivity index (χ4v) is 2.08. The van der Waals surface area contributed by atoms with E-state index in [9.17, 15) is 0 Å². The number of benzene rings is 1. The van der Waals surface area contributed by atoms with E-state index in [1.54, 1.807) is 0 Å². The molecule has 0 aliphatic carbocycles. The molecule has 0 bridgehead atoms. The molecule has 1 atom stereocenters. The van der Waals surface area contributed by atoms with Gasteiger partial charge in [-0.25, -0.2) is 0 Å². The zero-order valence-corrected chi connectivity index (χ0v) is 10.9. The molecule has 0 aromatic heterocycles. The fourth-order valence-electron chi connectivity index (χ4n) is 2.08. The minimum Gasteiger partial charge on any atom is -0.409 e. The van der Waals surface area contributed by atoms with Crippen molar-refractivity contribution in [1.82, 2.24) is 0 Å². The van der Waals surface area contributed by atoms with E-state index in [0.717, 1.165) is 25.0 Å². The van der Waals surface area contributed by atoms with Crippen LogP contribution < -0.4 is 5.73 Å². The van der Waals surface area contributed by atoms with Gasteiger partial charge in [0.25, 0.3) is 0 Å². The van der Waals surface area contributed by atoms with Crippen molar-refractivity contribution < 1.29 is 14.7 Å². The van der Waals surface area contributed by atoms with Crippen LogP contribution >= 0.6 is 0 Å². The third kappa shape index (κ3) is 4.22. The van der Waals surface area contributed by atoms with E-state index in [1.807, 2.05) is 24.3 Å². The first-order chi connectivity index (χ1) is 9.29. The molecular weight excluding hydrogens is 244 g/mol. The monoisotopic (exact) mass is 264 g/mol. The van der Waals surface area contributed by atoms with Crippen LogP contribution in [-0.2, 0) is 16.1 Å². The number of ether oxygens (including phenoxy) is 2. The lowest BCUT2D eigenvalue weighted by molar-refractivity contribution is -0.0447. The van der Waals surface area contributed by atoms with E-state index in [1.165, 1.54) is 6.42 Å². The van der Waals surface area contributed by atoms with Gasteiger partial charge in [0.1, 0.15) is 0 Å². The van der Waals surface area contributed by atoms with Crippen molar-refractivity contribution in [3.63, 3.8) is 0 Å². The second-order valence-electron chi connectivity index (χ2n) is 4.69. The van der Waals surface area contributed by atoms with E-state index < -0.39 is 0 Å². The van der Waals surface area contributed by atoms with Crippen LogP contribution in [0, 0.1) is 0 Å². The zero-order valence-electron chi connectivity index (χ0n) is 10.9. The molecule has 0 radical (unpaired) electrons. The third-order valence-electron chi connectivity index (χ3n) is 3.20. The van der Waals surface area contributed by atoms with Crippen LogP contribution in [0.5, 0.6) is 0 Å². The summed E-state index contributed by atoms with van der Waals surface area (Å²) in [6.45, 7) is 2.04. The Morgan fingerprint density at radius 2 is 2.16 bits per heavy atom.